The Morgan fingerprint density at radius 1 is 0.977 bits per heavy atom. The number of aromatic nitrogens is 3. The molecule has 2 aromatic carbocycles. The number of pyridine rings is 1. The summed E-state index contributed by atoms with van der Waals surface area (Å²) in [4.78, 5) is 28.9. The SMILES string of the molecule is Cc1ccc(F)c(CN2C(=O)c3cccc(c3)S(=O)(=O)Nc3nc(cc(-c4c(C)cccc4C)n3)OC[C@H]2CC(C)(C)C)n1. The van der Waals surface area contributed by atoms with Crippen molar-refractivity contribution in [2.75, 3.05) is 11.3 Å². The number of carbonyl (C=O) groups is 1. The van der Waals surface area contributed by atoms with Crippen LogP contribution in [0.25, 0.3) is 11.3 Å². The maximum absolute atomic E-state index is 15.0. The second-order valence-corrected chi connectivity index (χ2v) is 14.0. The quantitative estimate of drug-likeness (QED) is 0.288. The summed E-state index contributed by atoms with van der Waals surface area (Å²) in [6.45, 7) is 11.6. The molecule has 1 aliphatic heterocycles. The number of aryl methyl sites for hydroxylation is 3. The summed E-state index contributed by atoms with van der Waals surface area (Å²) in [5.74, 6) is -1.05. The summed E-state index contributed by atoms with van der Waals surface area (Å²) >= 11 is 0. The van der Waals surface area contributed by atoms with Gasteiger partial charge in [0.25, 0.3) is 15.9 Å². The van der Waals surface area contributed by atoms with Crippen molar-refractivity contribution in [1.82, 2.24) is 19.9 Å². The fourth-order valence-corrected chi connectivity index (χ4v) is 6.40. The number of carbonyl (C=O) groups excluding carboxylic acids is 1. The van der Waals surface area contributed by atoms with Crippen molar-refractivity contribution in [3.63, 3.8) is 0 Å². The summed E-state index contributed by atoms with van der Waals surface area (Å²) < 4.78 is 50.8. The number of rotatable bonds is 4. The molecule has 0 radical (unpaired) electrons. The molecule has 0 unspecified atom stereocenters. The molecule has 11 heteroatoms. The lowest BCUT2D eigenvalue weighted by Gasteiger charge is -2.35. The molecule has 9 nitrogen and oxygen atoms in total. The van der Waals surface area contributed by atoms with Crippen LogP contribution in [0.15, 0.2) is 65.6 Å². The lowest BCUT2D eigenvalue weighted by atomic mass is 9.87. The van der Waals surface area contributed by atoms with E-state index in [-0.39, 0.29) is 46.5 Å². The van der Waals surface area contributed by atoms with E-state index in [1.807, 2.05) is 52.8 Å². The van der Waals surface area contributed by atoms with Crippen LogP contribution in [0.5, 0.6) is 5.88 Å². The highest BCUT2D eigenvalue weighted by atomic mass is 32.2. The molecule has 4 bridgehead atoms. The summed E-state index contributed by atoms with van der Waals surface area (Å²) in [7, 11) is -4.21. The zero-order valence-electron chi connectivity index (χ0n) is 25.7. The molecule has 1 atom stereocenters. The van der Waals surface area contributed by atoms with Crippen LogP contribution < -0.4 is 9.46 Å². The molecule has 4 aromatic rings. The third kappa shape index (κ3) is 6.88. The molecule has 1 N–H and O–H groups in total. The van der Waals surface area contributed by atoms with Crippen LogP contribution in [0.2, 0.25) is 0 Å². The van der Waals surface area contributed by atoms with E-state index in [1.165, 1.54) is 29.2 Å². The Hall–Kier alpha value is -4.38. The Bertz CT molecular complexity index is 1820. The minimum atomic E-state index is -4.21. The van der Waals surface area contributed by atoms with Crippen molar-refractivity contribution in [2.24, 2.45) is 5.41 Å². The normalized spacial score (nSPS) is 16.7. The van der Waals surface area contributed by atoms with Crippen LogP contribution in [-0.4, -0.2) is 46.8 Å². The Morgan fingerprint density at radius 3 is 2.39 bits per heavy atom. The van der Waals surface area contributed by atoms with Gasteiger partial charge in [-0.05, 0) is 74.1 Å². The van der Waals surface area contributed by atoms with Gasteiger partial charge in [0.05, 0.1) is 28.9 Å². The van der Waals surface area contributed by atoms with Gasteiger partial charge in [-0.2, -0.15) is 4.98 Å². The molecule has 1 aliphatic rings. The minimum absolute atomic E-state index is 0.00549. The maximum Gasteiger partial charge on any atom is 0.264 e. The number of fused-ring (bicyclic) bond motifs is 4. The number of halogens is 1. The molecule has 2 aromatic heterocycles. The standard InChI is InChI=1S/C33H36FN5O4S/c1-20-9-7-10-21(2)30(20)27-16-29-37-32(36-27)38-44(41,42)25-12-8-11-23(15-25)31(40)39(24(19-43-29)17-33(4,5)6)18-28-26(34)14-13-22(3)35-28/h7-16,24H,17-19H2,1-6H3,(H,36,37,38)/t24-/m1/s1. The highest BCUT2D eigenvalue weighted by molar-refractivity contribution is 7.92. The number of nitrogens with zero attached hydrogens (tertiary/aromatic N) is 4. The molecule has 0 aliphatic carbocycles. The van der Waals surface area contributed by atoms with Gasteiger partial charge in [0, 0.05) is 22.9 Å². The highest BCUT2D eigenvalue weighted by Crippen LogP contribution is 2.32. The molecule has 0 fully saturated rings. The van der Waals surface area contributed by atoms with E-state index in [4.69, 9.17) is 4.74 Å². The number of amides is 1. The first-order chi connectivity index (χ1) is 20.7. The second kappa shape index (κ2) is 12.0. The fourth-order valence-electron chi connectivity index (χ4n) is 5.41. The van der Waals surface area contributed by atoms with Gasteiger partial charge in [-0.3, -0.25) is 9.78 Å². The molecule has 5 rings (SSSR count). The van der Waals surface area contributed by atoms with Gasteiger partial charge < -0.3 is 9.64 Å². The molecule has 0 saturated carbocycles. The van der Waals surface area contributed by atoms with Crippen LogP contribution >= 0.6 is 0 Å². The van der Waals surface area contributed by atoms with Gasteiger partial charge in [-0.15, -0.1) is 0 Å². The van der Waals surface area contributed by atoms with E-state index in [9.17, 15) is 13.2 Å². The average Bonchev–Trinajstić information content (AvgIpc) is 2.94. The Morgan fingerprint density at radius 2 is 1.68 bits per heavy atom. The van der Waals surface area contributed by atoms with Crippen molar-refractivity contribution < 1.29 is 22.3 Å². The first-order valence-electron chi connectivity index (χ1n) is 14.3. The molecular formula is C33H36FN5O4S. The number of sulfonamides is 1. The average molecular weight is 618 g/mol. The van der Waals surface area contributed by atoms with Crippen molar-refractivity contribution >= 4 is 21.9 Å². The number of hydrogen-bond donors (Lipinski definition) is 1. The molecular weight excluding hydrogens is 581 g/mol. The van der Waals surface area contributed by atoms with E-state index >= 15 is 4.39 Å². The third-order valence-electron chi connectivity index (χ3n) is 7.41. The van der Waals surface area contributed by atoms with Crippen LogP contribution in [0.3, 0.4) is 0 Å². The predicted molar refractivity (Wildman–Crippen MR) is 166 cm³/mol. The lowest BCUT2D eigenvalue weighted by molar-refractivity contribution is 0.0506. The largest absolute Gasteiger partial charge is 0.475 e. The highest BCUT2D eigenvalue weighted by Gasteiger charge is 2.32. The van der Waals surface area contributed by atoms with E-state index in [1.54, 1.807) is 25.1 Å². The first kappa shape index (κ1) is 31.1. The van der Waals surface area contributed by atoms with Gasteiger partial charge >= 0.3 is 0 Å². The van der Waals surface area contributed by atoms with Crippen molar-refractivity contribution in [3.8, 4) is 17.1 Å². The van der Waals surface area contributed by atoms with Gasteiger partial charge in [0.1, 0.15) is 12.4 Å². The molecule has 230 valence electrons. The van der Waals surface area contributed by atoms with Crippen molar-refractivity contribution in [1.29, 1.82) is 0 Å². The predicted octanol–water partition coefficient (Wildman–Crippen LogP) is 6.24. The smallest absolute Gasteiger partial charge is 0.264 e. The first-order valence-corrected chi connectivity index (χ1v) is 15.8. The number of benzene rings is 2. The van der Waals surface area contributed by atoms with Crippen molar-refractivity contribution in [2.45, 2.75) is 65.4 Å². The van der Waals surface area contributed by atoms with E-state index in [0.717, 1.165) is 16.7 Å². The van der Waals surface area contributed by atoms with Gasteiger partial charge in [-0.25, -0.2) is 22.5 Å². The molecule has 1 amide bonds. The van der Waals surface area contributed by atoms with Crippen LogP contribution in [-0.2, 0) is 16.6 Å². The summed E-state index contributed by atoms with van der Waals surface area (Å²) in [5, 5.41) is 0. The molecule has 0 saturated heterocycles. The summed E-state index contributed by atoms with van der Waals surface area (Å²) in [6, 6.07) is 15.6. The van der Waals surface area contributed by atoms with E-state index in [2.05, 4.69) is 19.7 Å². The number of hydrogen-bond acceptors (Lipinski definition) is 7. The topological polar surface area (TPSA) is 114 Å². The number of anilines is 1. The zero-order valence-corrected chi connectivity index (χ0v) is 26.5. The van der Waals surface area contributed by atoms with Crippen molar-refractivity contribution in [3.05, 3.63) is 94.6 Å². The maximum atomic E-state index is 15.0. The minimum Gasteiger partial charge on any atom is -0.475 e. The van der Waals surface area contributed by atoms with E-state index < -0.39 is 27.8 Å². The van der Waals surface area contributed by atoms with Gasteiger partial charge in [-0.1, -0.05) is 45.0 Å². The van der Waals surface area contributed by atoms with Gasteiger partial charge in [0.15, 0.2) is 0 Å². The van der Waals surface area contributed by atoms with Gasteiger partial charge in [0.2, 0.25) is 11.8 Å². The summed E-state index contributed by atoms with van der Waals surface area (Å²) in [5.41, 5.74) is 3.79. The Kier molecular flexibility index (Phi) is 8.44. The third-order valence-corrected chi connectivity index (χ3v) is 8.73. The van der Waals surface area contributed by atoms with Crippen LogP contribution in [0.1, 0.15) is 60.1 Å². The Labute approximate surface area is 257 Å². The van der Waals surface area contributed by atoms with Crippen LogP contribution in [0.4, 0.5) is 10.3 Å². The monoisotopic (exact) mass is 617 g/mol. The molecule has 0 spiro atoms. The molecule has 44 heavy (non-hydrogen) atoms. The zero-order chi connectivity index (χ0) is 31.8. The van der Waals surface area contributed by atoms with Crippen LogP contribution in [0, 0.1) is 32.0 Å². The summed E-state index contributed by atoms with van der Waals surface area (Å²) in [6.07, 6.45) is 0.490. The Balaban J connectivity index is 1.70. The van der Waals surface area contributed by atoms with E-state index in [0.29, 0.717) is 17.8 Å². The molecule has 3 heterocycles. The second-order valence-electron chi connectivity index (χ2n) is 12.4. The number of nitrogens with one attached hydrogen (secondary N) is 1. The number of ether oxygens (including phenoxy) is 1. The lowest BCUT2D eigenvalue weighted by Crippen LogP contribution is -2.45. The fraction of sp³-hybridized carbons (Fsp3) is 0.333.